The van der Waals surface area contributed by atoms with Crippen molar-refractivity contribution in [2.45, 2.75) is 32.4 Å². The number of amides is 2. The molecule has 0 aliphatic carbocycles. The normalized spacial score (nSPS) is 14.5. The van der Waals surface area contributed by atoms with Gasteiger partial charge in [0.25, 0.3) is 0 Å². The van der Waals surface area contributed by atoms with Crippen molar-refractivity contribution in [1.29, 1.82) is 0 Å². The lowest BCUT2D eigenvalue weighted by Crippen LogP contribution is -2.47. The molecule has 6 N–H and O–H groups in total. The highest BCUT2D eigenvalue weighted by molar-refractivity contribution is 7.80. The number of nitrogens with one attached hydrogen (secondary N) is 1. The molecule has 0 fully saturated rings. The standard InChI is InChI=1S/C12H23N2O9PS/c1-12(2,6-15)9(17)10(18)13-4-3-8(16)14(24(21,22)23)7(5-25)11(19)20/h7,9,15,17,25H,3-6H2,1-2H3,(H,13,18)(H,19,20)(H2,21,22,23)/t7?,9-/m0/s1. The molecule has 0 saturated heterocycles. The zero-order valence-electron chi connectivity index (χ0n) is 13.7. The van der Waals surface area contributed by atoms with Gasteiger partial charge in [-0.1, -0.05) is 13.8 Å². The van der Waals surface area contributed by atoms with E-state index in [2.05, 4.69) is 17.9 Å². The van der Waals surface area contributed by atoms with Crippen LogP contribution in [0.1, 0.15) is 20.3 Å². The number of aliphatic carboxylic acids is 1. The second-order valence-electron chi connectivity index (χ2n) is 5.88. The molecular formula is C12H23N2O9PS. The molecule has 0 aromatic carbocycles. The largest absolute Gasteiger partial charge is 0.480 e. The third-order valence-electron chi connectivity index (χ3n) is 3.32. The van der Waals surface area contributed by atoms with E-state index in [1.54, 1.807) is 0 Å². The lowest BCUT2D eigenvalue weighted by atomic mass is 9.87. The first-order valence-corrected chi connectivity index (χ1v) is 9.27. The Morgan fingerprint density at radius 1 is 1.28 bits per heavy atom. The minimum atomic E-state index is -5.21. The summed E-state index contributed by atoms with van der Waals surface area (Å²) in [5.74, 6) is -4.26. The number of carbonyl (C=O) groups excluding carboxylic acids is 2. The van der Waals surface area contributed by atoms with E-state index >= 15 is 0 Å². The lowest BCUT2D eigenvalue weighted by Gasteiger charge is -2.29. The highest BCUT2D eigenvalue weighted by Crippen LogP contribution is 2.42. The van der Waals surface area contributed by atoms with Crippen LogP contribution in [0.15, 0.2) is 0 Å². The van der Waals surface area contributed by atoms with Crippen molar-refractivity contribution in [2.75, 3.05) is 18.9 Å². The van der Waals surface area contributed by atoms with Crippen molar-refractivity contribution in [3.8, 4) is 0 Å². The fourth-order valence-electron chi connectivity index (χ4n) is 1.71. The van der Waals surface area contributed by atoms with Crippen LogP contribution in [-0.4, -0.2) is 78.6 Å². The van der Waals surface area contributed by atoms with Crippen LogP contribution in [0.5, 0.6) is 0 Å². The molecular weight excluding hydrogens is 379 g/mol. The monoisotopic (exact) mass is 402 g/mol. The van der Waals surface area contributed by atoms with Crippen LogP contribution >= 0.6 is 20.4 Å². The molecule has 0 aliphatic rings. The average Bonchev–Trinajstić information content (AvgIpc) is 2.49. The Balaban J connectivity index is 4.93. The van der Waals surface area contributed by atoms with Crippen LogP contribution in [0.2, 0.25) is 0 Å². The van der Waals surface area contributed by atoms with Crippen molar-refractivity contribution in [1.82, 2.24) is 9.99 Å². The van der Waals surface area contributed by atoms with Gasteiger partial charge in [-0.2, -0.15) is 12.6 Å². The Labute approximate surface area is 149 Å². The predicted molar refractivity (Wildman–Crippen MR) is 88.7 cm³/mol. The number of carboxylic acids is 1. The summed E-state index contributed by atoms with van der Waals surface area (Å²) in [6, 6.07) is -1.84. The van der Waals surface area contributed by atoms with Crippen molar-refractivity contribution >= 4 is 38.2 Å². The van der Waals surface area contributed by atoms with E-state index in [1.165, 1.54) is 13.8 Å². The van der Waals surface area contributed by atoms with Gasteiger partial charge in [-0.05, 0) is 0 Å². The summed E-state index contributed by atoms with van der Waals surface area (Å²) < 4.78 is 11.3. The van der Waals surface area contributed by atoms with E-state index in [1.807, 2.05) is 0 Å². The van der Waals surface area contributed by atoms with Gasteiger partial charge >= 0.3 is 13.7 Å². The van der Waals surface area contributed by atoms with E-state index in [0.717, 1.165) is 0 Å². The molecule has 0 aliphatic heterocycles. The minimum absolute atomic E-state index is 0.0947. The molecule has 1 unspecified atom stereocenters. The topological polar surface area (TPSA) is 185 Å². The molecule has 0 radical (unpaired) electrons. The van der Waals surface area contributed by atoms with Crippen molar-refractivity contribution in [2.24, 2.45) is 5.41 Å². The van der Waals surface area contributed by atoms with Gasteiger partial charge in [0, 0.05) is 24.1 Å². The molecule has 0 aromatic heterocycles. The molecule has 2 atom stereocenters. The number of thiol groups is 1. The average molecular weight is 402 g/mol. The Morgan fingerprint density at radius 3 is 2.16 bits per heavy atom. The van der Waals surface area contributed by atoms with Gasteiger partial charge in [0.15, 0.2) is 0 Å². The van der Waals surface area contributed by atoms with Gasteiger partial charge in [-0.3, -0.25) is 9.59 Å². The summed E-state index contributed by atoms with van der Waals surface area (Å²) in [6.45, 7) is 1.99. The highest BCUT2D eigenvalue weighted by Gasteiger charge is 2.40. The van der Waals surface area contributed by atoms with Crippen LogP contribution in [-0.2, 0) is 18.9 Å². The number of nitrogens with zero attached hydrogens (tertiary/aromatic N) is 1. The number of hydrogen-bond acceptors (Lipinski definition) is 7. The number of aliphatic hydroxyl groups is 2. The highest BCUT2D eigenvalue weighted by atomic mass is 32.1. The summed E-state index contributed by atoms with van der Waals surface area (Å²) in [7, 11) is -5.21. The maximum absolute atomic E-state index is 12.0. The number of rotatable bonds is 10. The Bertz CT molecular complexity index is 551. The zero-order valence-corrected chi connectivity index (χ0v) is 15.5. The molecule has 25 heavy (non-hydrogen) atoms. The van der Waals surface area contributed by atoms with Crippen molar-refractivity contribution < 1.29 is 44.1 Å². The first-order valence-electron chi connectivity index (χ1n) is 7.08. The summed E-state index contributed by atoms with van der Waals surface area (Å²) in [5, 5.41) is 30.0. The predicted octanol–water partition coefficient (Wildman–Crippen LogP) is -1.82. The first-order chi connectivity index (χ1) is 11.3. The van der Waals surface area contributed by atoms with Crippen LogP contribution in [0.3, 0.4) is 0 Å². The molecule has 0 saturated carbocycles. The third-order valence-corrected chi connectivity index (χ3v) is 4.73. The van der Waals surface area contributed by atoms with Gasteiger partial charge in [-0.25, -0.2) is 14.0 Å². The van der Waals surface area contributed by atoms with Crippen LogP contribution in [0.4, 0.5) is 0 Å². The number of aliphatic hydroxyl groups excluding tert-OH is 2. The molecule has 2 amide bonds. The molecule has 146 valence electrons. The van der Waals surface area contributed by atoms with E-state index in [0.29, 0.717) is 0 Å². The fraction of sp³-hybridized carbons (Fsp3) is 0.750. The van der Waals surface area contributed by atoms with Gasteiger partial charge in [-0.15, -0.1) is 0 Å². The van der Waals surface area contributed by atoms with E-state index in [-0.39, 0.29) is 4.67 Å². The quantitative estimate of drug-likeness (QED) is 0.163. The summed E-state index contributed by atoms with van der Waals surface area (Å²) in [4.78, 5) is 53.1. The Morgan fingerprint density at radius 2 is 1.80 bits per heavy atom. The molecule has 0 bridgehead atoms. The minimum Gasteiger partial charge on any atom is -0.480 e. The van der Waals surface area contributed by atoms with E-state index < -0.39 is 68.4 Å². The molecule has 0 aromatic rings. The van der Waals surface area contributed by atoms with Crippen LogP contribution < -0.4 is 5.32 Å². The van der Waals surface area contributed by atoms with E-state index in [9.17, 15) is 33.8 Å². The Hall–Kier alpha value is -1.17. The fourth-order valence-corrected chi connectivity index (χ4v) is 3.09. The maximum Gasteiger partial charge on any atom is 0.433 e. The zero-order chi connectivity index (χ0) is 20.0. The van der Waals surface area contributed by atoms with E-state index in [4.69, 9.17) is 10.2 Å². The number of hydrogen-bond donors (Lipinski definition) is 7. The van der Waals surface area contributed by atoms with Crippen molar-refractivity contribution in [3.05, 3.63) is 0 Å². The second-order valence-corrected chi connectivity index (χ2v) is 7.70. The molecule has 0 spiro atoms. The first kappa shape index (κ1) is 23.8. The van der Waals surface area contributed by atoms with Gasteiger partial charge in [0.1, 0.15) is 12.1 Å². The SMILES string of the molecule is CC(C)(CO)[C@@H](O)C(=O)NCCC(=O)N(C(CS)C(=O)O)P(=O)(O)O. The number of carbonyl (C=O) groups is 3. The number of carboxylic acid groups (broad SMARTS) is 1. The molecule has 13 heteroatoms. The van der Waals surface area contributed by atoms with Gasteiger partial charge < -0.3 is 30.4 Å². The van der Waals surface area contributed by atoms with Gasteiger partial charge in [0.05, 0.1) is 6.61 Å². The smallest absolute Gasteiger partial charge is 0.433 e. The van der Waals surface area contributed by atoms with Crippen LogP contribution in [0.25, 0.3) is 0 Å². The lowest BCUT2D eigenvalue weighted by molar-refractivity contribution is -0.146. The Kier molecular flexibility index (Phi) is 9.06. The summed E-state index contributed by atoms with van der Waals surface area (Å²) in [6.07, 6.45) is -2.18. The summed E-state index contributed by atoms with van der Waals surface area (Å²) in [5.41, 5.74) is -1.13. The van der Waals surface area contributed by atoms with Gasteiger partial charge in [0.2, 0.25) is 11.8 Å². The molecule has 0 rings (SSSR count). The molecule has 0 heterocycles. The van der Waals surface area contributed by atoms with Crippen LogP contribution in [0, 0.1) is 5.41 Å². The maximum atomic E-state index is 12.0. The second kappa shape index (κ2) is 9.51. The van der Waals surface area contributed by atoms with Crippen molar-refractivity contribution in [3.63, 3.8) is 0 Å². The summed E-state index contributed by atoms with van der Waals surface area (Å²) >= 11 is 3.67. The third kappa shape index (κ3) is 6.92. The molecule has 11 nitrogen and oxygen atoms in total.